The molecule has 0 unspecified atom stereocenters. The van der Waals surface area contributed by atoms with E-state index >= 15 is 0 Å². The normalized spacial score (nSPS) is 18.3. The molecule has 0 bridgehead atoms. The van der Waals surface area contributed by atoms with E-state index in [0.29, 0.717) is 5.19 Å². The van der Waals surface area contributed by atoms with Crippen molar-refractivity contribution in [2.24, 2.45) is 0 Å². The number of nitrogens with zero attached hydrogens (tertiary/aromatic N) is 2. The van der Waals surface area contributed by atoms with Gasteiger partial charge in [0.25, 0.3) is 5.19 Å². The minimum absolute atomic E-state index is 0. The van der Waals surface area contributed by atoms with Gasteiger partial charge in [0.2, 0.25) is 0 Å². The fourth-order valence-corrected chi connectivity index (χ4v) is 3.14. The molecule has 22 heavy (non-hydrogen) atoms. The molecule has 1 aromatic heterocycles. The van der Waals surface area contributed by atoms with E-state index in [2.05, 4.69) is 15.5 Å². The summed E-state index contributed by atoms with van der Waals surface area (Å²) in [7, 11) is 0. The lowest BCUT2D eigenvalue weighted by Gasteiger charge is -2.19. The third-order valence-electron chi connectivity index (χ3n) is 3.47. The van der Waals surface area contributed by atoms with Crippen LogP contribution in [0.1, 0.15) is 40.5 Å². The molecule has 122 valence electrons. The number of hydrogen-bond donors (Lipinski definition) is 1. The number of rotatable bonds is 3. The van der Waals surface area contributed by atoms with Gasteiger partial charge in [-0.15, -0.1) is 5.10 Å². The molecule has 0 amide bonds. The number of hydrogen-bond acceptors (Lipinski definition) is 5. The Bertz CT molecular complexity index is 522. The fraction of sp³-hybridized carbons (Fsp3) is 0.529. The van der Waals surface area contributed by atoms with Crippen LogP contribution in [0.15, 0.2) is 30.3 Å². The molecule has 4 nitrogen and oxygen atoms in total. The van der Waals surface area contributed by atoms with E-state index in [-0.39, 0.29) is 21.0 Å². The summed E-state index contributed by atoms with van der Waals surface area (Å²) in [5.74, 6) is 0. The van der Waals surface area contributed by atoms with Crippen LogP contribution in [0.4, 0.5) is 0 Å². The van der Waals surface area contributed by atoms with Crippen LogP contribution in [0, 0.1) is 0 Å². The van der Waals surface area contributed by atoms with Crippen molar-refractivity contribution in [2.45, 2.75) is 46.6 Å². The molecule has 1 N–H and O–H groups in total. The Kier molecular flexibility index (Phi) is 8.06. The van der Waals surface area contributed by atoms with Crippen LogP contribution in [0.2, 0.25) is 0 Å². The molecular formula is C17H27N3OS. The van der Waals surface area contributed by atoms with Gasteiger partial charge in [-0.05, 0) is 38.8 Å². The van der Waals surface area contributed by atoms with Crippen molar-refractivity contribution in [1.82, 2.24) is 15.5 Å². The SMILES string of the molecule is C.C.c1ccc(-c2nnc(O[C@H]3CCCCNCC3)s2)cc1. The highest BCUT2D eigenvalue weighted by atomic mass is 32.1. The minimum atomic E-state index is 0. The van der Waals surface area contributed by atoms with Crippen molar-refractivity contribution in [3.63, 3.8) is 0 Å². The Morgan fingerprint density at radius 1 is 1.00 bits per heavy atom. The summed E-state index contributed by atoms with van der Waals surface area (Å²) in [5, 5.41) is 13.4. The highest BCUT2D eigenvalue weighted by Crippen LogP contribution is 2.29. The van der Waals surface area contributed by atoms with Crippen molar-refractivity contribution in [2.75, 3.05) is 13.1 Å². The van der Waals surface area contributed by atoms with Gasteiger partial charge in [0, 0.05) is 5.56 Å². The largest absolute Gasteiger partial charge is 0.466 e. The van der Waals surface area contributed by atoms with Crippen molar-refractivity contribution < 1.29 is 4.74 Å². The van der Waals surface area contributed by atoms with Gasteiger partial charge in [0.1, 0.15) is 6.10 Å². The molecule has 0 saturated carbocycles. The van der Waals surface area contributed by atoms with Crippen molar-refractivity contribution in [1.29, 1.82) is 0 Å². The second kappa shape index (κ2) is 9.54. The summed E-state index contributed by atoms with van der Waals surface area (Å²) in [6.45, 7) is 2.15. The maximum Gasteiger partial charge on any atom is 0.294 e. The zero-order valence-corrected chi connectivity index (χ0v) is 12.2. The Labute approximate surface area is 137 Å². The van der Waals surface area contributed by atoms with Gasteiger partial charge < -0.3 is 10.1 Å². The molecule has 1 atom stereocenters. The third kappa shape index (κ3) is 5.07. The molecule has 1 aromatic carbocycles. The van der Waals surface area contributed by atoms with Crippen LogP contribution in [-0.4, -0.2) is 29.4 Å². The predicted molar refractivity (Wildman–Crippen MR) is 94.6 cm³/mol. The van der Waals surface area contributed by atoms with Gasteiger partial charge in [-0.25, -0.2) is 0 Å². The van der Waals surface area contributed by atoms with Gasteiger partial charge in [-0.1, -0.05) is 61.6 Å². The Morgan fingerprint density at radius 3 is 2.64 bits per heavy atom. The van der Waals surface area contributed by atoms with Gasteiger partial charge in [0.15, 0.2) is 5.01 Å². The number of nitrogens with one attached hydrogen (secondary N) is 1. The van der Waals surface area contributed by atoms with Crippen molar-refractivity contribution in [3.05, 3.63) is 30.3 Å². The van der Waals surface area contributed by atoms with Gasteiger partial charge in [-0.3, -0.25) is 0 Å². The molecule has 2 aromatic rings. The highest BCUT2D eigenvalue weighted by molar-refractivity contribution is 7.16. The first kappa shape index (κ1) is 18.6. The summed E-state index contributed by atoms with van der Waals surface area (Å²) in [4.78, 5) is 0. The minimum Gasteiger partial charge on any atom is -0.466 e. The number of ether oxygens (including phenoxy) is 1. The second-order valence-corrected chi connectivity index (χ2v) is 5.95. The maximum atomic E-state index is 6.00. The smallest absolute Gasteiger partial charge is 0.294 e. The van der Waals surface area contributed by atoms with Crippen molar-refractivity contribution >= 4 is 11.3 Å². The van der Waals surface area contributed by atoms with E-state index in [9.17, 15) is 0 Å². The Balaban J connectivity index is 0.00000121. The summed E-state index contributed by atoms with van der Waals surface area (Å²) >= 11 is 1.53. The van der Waals surface area contributed by atoms with E-state index in [1.807, 2.05) is 30.3 Å². The summed E-state index contributed by atoms with van der Waals surface area (Å²) in [5.41, 5.74) is 1.10. The van der Waals surface area contributed by atoms with E-state index < -0.39 is 0 Å². The lowest BCUT2D eigenvalue weighted by Crippen LogP contribution is -2.28. The van der Waals surface area contributed by atoms with E-state index in [1.165, 1.54) is 24.2 Å². The Hall–Kier alpha value is -1.46. The first-order valence-corrected chi connectivity index (χ1v) is 8.00. The lowest BCUT2D eigenvalue weighted by molar-refractivity contribution is 0.169. The van der Waals surface area contributed by atoms with E-state index in [1.54, 1.807) is 0 Å². The molecule has 2 heterocycles. The first-order valence-electron chi connectivity index (χ1n) is 7.18. The average Bonchev–Trinajstić information content (AvgIpc) is 2.91. The molecule has 0 radical (unpaired) electrons. The summed E-state index contributed by atoms with van der Waals surface area (Å²) < 4.78 is 6.00. The number of aromatic nitrogens is 2. The third-order valence-corrected chi connectivity index (χ3v) is 4.33. The van der Waals surface area contributed by atoms with Crippen LogP contribution >= 0.6 is 11.3 Å². The van der Waals surface area contributed by atoms with Crippen LogP contribution < -0.4 is 10.1 Å². The molecule has 0 spiro atoms. The lowest BCUT2D eigenvalue weighted by atomic mass is 10.1. The second-order valence-electron chi connectivity index (χ2n) is 5.01. The van der Waals surface area contributed by atoms with Gasteiger partial charge >= 0.3 is 0 Å². The molecule has 5 heteroatoms. The zero-order valence-electron chi connectivity index (χ0n) is 11.4. The monoisotopic (exact) mass is 321 g/mol. The molecular weight excluding hydrogens is 294 g/mol. The molecule has 1 saturated heterocycles. The summed E-state index contributed by atoms with van der Waals surface area (Å²) in [6.07, 6.45) is 4.86. The highest BCUT2D eigenvalue weighted by Gasteiger charge is 2.15. The molecule has 1 aliphatic heterocycles. The molecule has 0 aliphatic carbocycles. The van der Waals surface area contributed by atoms with Crippen LogP contribution in [-0.2, 0) is 0 Å². The van der Waals surface area contributed by atoms with Crippen LogP contribution in [0.25, 0.3) is 10.6 Å². The molecule has 3 rings (SSSR count). The predicted octanol–water partition coefficient (Wildman–Crippen LogP) is 4.39. The Morgan fingerprint density at radius 2 is 1.82 bits per heavy atom. The van der Waals surface area contributed by atoms with Crippen molar-refractivity contribution in [3.8, 4) is 15.8 Å². The standard InChI is InChI=1S/C15H19N3OS.2CH4/c1-2-6-12(7-3-1)14-17-18-15(20-14)19-13-8-4-5-10-16-11-9-13;;/h1-3,6-7,13,16H,4-5,8-11H2;2*1H4/t13-;;/m0../s1. The quantitative estimate of drug-likeness (QED) is 0.911. The average molecular weight is 321 g/mol. The van der Waals surface area contributed by atoms with Gasteiger partial charge in [-0.2, -0.15) is 0 Å². The van der Waals surface area contributed by atoms with Crippen LogP contribution in [0.5, 0.6) is 5.19 Å². The maximum absolute atomic E-state index is 6.00. The van der Waals surface area contributed by atoms with Gasteiger partial charge in [0.05, 0.1) is 0 Å². The molecule has 1 fully saturated rings. The molecule has 1 aliphatic rings. The topological polar surface area (TPSA) is 47.0 Å². The van der Waals surface area contributed by atoms with E-state index in [0.717, 1.165) is 36.5 Å². The first-order chi connectivity index (χ1) is 9.92. The summed E-state index contributed by atoms with van der Waals surface area (Å²) in [6, 6.07) is 10.1. The number of benzene rings is 1. The fourth-order valence-electron chi connectivity index (χ4n) is 2.37. The van der Waals surface area contributed by atoms with Crippen LogP contribution in [0.3, 0.4) is 0 Å². The van der Waals surface area contributed by atoms with E-state index in [4.69, 9.17) is 4.74 Å². The zero-order chi connectivity index (χ0) is 13.6.